The van der Waals surface area contributed by atoms with E-state index in [4.69, 9.17) is 10.5 Å². The second kappa shape index (κ2) is 5.82. The molecule has 1 fully saturated rings. The number of amides is 1. The van der Waals surface area contributed by atoms with Gasteiger partial charge in [-0.1, -0.05) is 12.8 Å². The Morgan fingerprint density at radius 3 is 2.89 bits per heavy atom. The zero-order valence-corrected chi connectivity index (χ0v) is 10.1. The summed E-state index contributed by atoms with van der Waals surface area (Å²) in [6.45, 7) is -0.0428. The number of nitrogens with two attached hydrogens (primary N) is 1. The van der Waals surface area contributed by atoms with E-state index in [1.807, 2.05) is 0 Å². The summed E-state index contributed by atoms with van der Waals surface area (Å²) in [5.41, 5.74) is 6.03. The Morgan fingerprint density at radius 2 is 2.17 bits per heavy atom. The minimum Gasteiger partial charge on any atom is -0.399 e. The van der Waals surface area contributed by atoms with E-state index in [0.29, 0.717) is 5.69 Å². The van der Waals surface area contributed by atoms with Crippen molar-refractivity contribution in [2.24, 2.45) is 0 Å². The SMILES string of the molecule is Nc1ccc(F)c(NC(=O)COC2CCCC2)c1. The van der Waals surface area contributed by atoms with Gasteiger partial charge in [0.25, 0.3) is 0 Å². The topological polar surface area (TPSA) is 64.3 Å². The van der Waals surface area contributed by atoms with Crippen LogP contribution >= 0.6 is 0 Å². The van der Waals surface area contributed by atoms with Gasteiger partial charge in [0.15, 0.2) is 0 Å². The number of nitrogen functional groups attached to an aromatic ring is 1. The Bertz CT molecular complexity index is 431. The quantitative estimate of drug-likeness (QED) is 0.808. The zero-order chi connectivity index (χ0) is 13.0. The number of hydrogen-bond donors (Lipinski definition) is 2. The highest BCUT2D eigenvalue weighted by atomic mass is 19.1. The fraction of sp³-hybridized carbons (Fsp3) is 0.462. The van der Waals surface area contributed by atoms with Gasteiger partial charge in [0.1, 0.15) is 12.4 Å². The molecule has 0 radical (unpaired) electrons. The lowest BCUT2D eigenvalue weighted by Gasteiger charge is -2.11. The normalized spacial score (nSPS) is 15.8. The van der Waals surface area contributed by atoms with Gasteiger partial charge in [-0.15, -0.1) is 0 Å². The van der Waals surface area contributed by atoms with Crippen LogP contribution in [0, 0.1) is 5.82 Å². The molecule has 0 aliphatic heterocycles. The Labute approximate surface area is 105 Å². The third kappa shape index (κ3) is 3.43. The lowest BCUT2D eigenvalue weighted by molar-refractivity contribution is -0.122. The van der Waals surface area contributed by atoms with Gasteiger partial charge in [-0.25, -0.2) is 4.39 Å². The Kier molecular flexibility index (Phi) is 4.15. The molecule has 4 nitrogen and oxygen atoms in total. The second-order valence-electron chi connectivity index (χ2n) is 4.50. The molecule has 1 aromatic rings. The third-order valence-electron chi connectivity index (χ3n) is 3.02. The molecule has 0 bridgehead atoms. The zero-order valence-electron chi connectivity index (χ0n) is 10.1. The highest BCUT2D eigenvalue weighted by molar-refractivity contribution is 5.92. The van der Waals surface area contributed by atoms with E-state index in [9.17, 15) is 9.18 Å². The smallest absolute Gasteiger partial charge is 0.250 e. The maximum Gasteiger partial charge on any atom is 0.250 e. The Morgan fingerprint density at radius 1 is 1.44 bits per heavy atom. The maximum atomic E-state index is 13.4. The molecule has 0 spiro atoms. The number of anilines is 2. The van der Waals surface area contributed by atoms with Crippen molar-refractivity contribution in [3.8, 4) is 0 Å². The van der Waals surface area contributed by atoms with Crippen molar-refractivity contribution in [3.05, 3.63) is 24.0 Å². The first-order valence-corrected chi connectivity index (χ1v) is 6.11. The van der Waals surface area contributed by atoms with E-state index in [1.54, 1.807) is 0 Å². The molecule has 0 atom stereocenters. The Balaban J connectivity index is 1.84. The minimum atomic E-state index is -0.501. The van der Waals surface area contributed by atoms with E-state index < -0.39 is 5.82 Å². The number of ether oxygens (including phenoxy) is 1. The summed E-state index contributed by atoms with van der Waals surface area (Å²) in [5.74, 6) is -0.857. The van der Waals surface area contributed by atoms with Crippen LogP contribution in [0.15, 0.2) is 18.2 Å². The van der Waals surface area contributed by atoms with Gasteiger partial charge in [-0.3, -0.25) is 4.79 Å². The van der Waals surface area contributed by atoms with Crippen LogP contribution in [0.1, 0.15) is 25.7 Å². The number of carbonyl (C=O) groups is 1. The summed E-state index contributed by atoms with van der Waals surface area (Å²) in [7, 11) is 0. The number of nitrogens with one attached hydrogen (secondary N) is 1. The first-order valence-electron chi connectivity index (χ1n) is 6.11. The average molecular weight is 252 g/mol. The van der Waals surface area contributed by atoms with Gasteiger partial charge < -0.3 is 15.8 Å². The molecule has 98 valence electrons. The predicted molar refractivity (Wildman–Crippen MR) is 67.7 cm³/mol. The summed E-state index contributed by atoms with van der Waals surface area (Å²) < 4.78 is 18.8. The minimum absolute atomic E-state index is 0.0428. The average Bonchev–Trinajstić information content (AvgIpc) is 2.84. The number of carbonyl (C=O) groups excluding carboxylic acids is 1. The van der Waals surface area contributed by atoms with Crippen molar-refractivity contribution in [3.63, 3.8) is 0 Å². The predicted octanol–water partition coefficient (Wildman–Crippen LogP) is 2.31. The van der Waals surface area contributed by atoms with E-state index in [1.165, 1.54) is 18.2 Å². The fourth-order valence-corrected chi connectivity index (χ4v) is 2.07. The molecule has 0 unspecified atom stereocenters. The largest absolute Gasteiger partial charge is 0.399 e. The number of rotatable bonds is 4. The third-order valence-corrected chi connectivity index (χ3v) is 3.02. The van der Waals surface area contributed by atoms with Crippen LogP contribution in [0.4, 0.5) is 15.8 Å². The highest BCUT2D eigenvalue weighted by Crippen LogP contribution is 2.21. The number of halogens is 1. The molecule has 1 aliphatic carbocycles. The van der Waals surface area contributed by atoms with E-state index in [-0.39, 0.29) is 24.3 Å². The van der Waals surface area contributed by atoms with Crippen molar-refractivity contribution < 1.29 is 13.9 Å². The molecule has 1 aliphatic rings. The second-order valence-corrected chi connectivity index (χ2v) is 4.50. The monoisotopic (exact) mass is 252 g/mol. The molecular formula is C13H17FN2O2. The van der Waals surface area contributed by atoms with Crippen LogP contribution in [0.2, 0.25) is 0 Å². The van der Waals surface area contributed by atoms with Gasteiger partial charge in [0, 0.05) is 5.69 Å². The molecule has 1 amide bonds. The summed E-state index contributed by atoms with van der Waals surface area (Å²) >= 11 is 0. The summed E-state index contributed by atoms with van der Waals surface area (Å²) in [6, 6.07) is 4.06. The van der Waals surface area contributed by atoms with Gasteiger partial charge in [-0.2, -0.15) is 0 Å². The lowest BCUT2D eigenvalue weighted by Crippen LogP contribution is -2.22. The molecule has 0 heterocycles. The van der Waals surface area contributed by atoms with Crippen molar-refractivity contribution >= 4 is 17.3 Å². The standard InChI is InChI=1S/C13H17FN2O2/c14-11-6-5-9(15)7-12(11)16-13(17)8-18-10-3-1-2-4-10/h5-7,10H,1-4,8,15H2,(H,16,17). The maximum absolute atomic E-state index is 13.4. The van der Waals surface area contributed by atoms with Crippen molar-refractivity contribution in [1.29, 1.82) is 0 Å². The molecule has 1 saturated carbocycles. The van der Waals surface area contributed by atoms with Crippen LogP contribution in [0.3, 0.4) is 0 Å². The molecule has 2 rings (SSSR count). The van der Waals surface area contributed by atoms with Crippen LogP contribution in [0.5, 0.6) is 0 Å². The first kappa shape index (κ1) is 12.8. The van der Waals surface area contributed by atoms with Gasteiger partial charge in [0.2, 0.25) is 5.91 Å². The Hall–Kier alpha value is -1.62. The fourth-order valence-electron chi connectivity index (χ4n) is 2.07. The molecule has 18 heavy (non-hydrogen) atoms. The lowest BCUT2D eigenvalue weighted by atomic mass is 10.2. The van der Waals surface area contributed by atoms with Gasteiger partial charge >= 0.3 is 0 Å². The van der Waals surface area contributed by atoms with Gasteiger partial charge in [0.05, 0.1) is 11.8 Å². The molecular weight excluding hydrogens is 235 g/mol. The van der Waals surface area contributed by atoms with Crippen molar-refractivity contribution in [2.45, 2.75) is 31.8 Å². The van der Waals surface area contributed by atoms with Crippen LogP contribution in [-0.2, 0) is 9.53 Å². The molecule has 5 heteroatoms. The number of benzene rings is 1. The number of hydrogen-bond acceptors (Lipinski definition) is 3. The van der Waals surface area contributed by atoms with Crippen molar-refractivity contribution in [2.75, 3.05) is 17.7 Å². The van der Waals surface area contributed by atoms with Crippen LogP contribution in [0.25, 0.3) is 0 Å². The first-order chi connectivity index (χ1) is 8.65. The molecule has 0 aromatic heterocycles. The summed E-state index contributed by atoms with van der Waals surface area (Å²) in [5, 5.41) is 2.46. The van der Waals surface area contributed by atoms with E-state index >= 15 is 0 Å². The highest BCUT2D eigenvalue weighted by Gasteiger charge is 2.17. The molecule has 3 N–H and O–H groups in total. The van der Waals surface area contributed by atoms with E-state index in [0.717, 1.165) is 25.7 Å². The van der Waals surface area contributed by atoms with E-state index in [2.05, 4.69) is 5.32 Å². The van der Waals surface area contributed by atoms with Crippen LogP contribution < -0.4 is 11.1 Å². The van der Waals surface area contributed by atoms with Crippen molar-refractivity contribution in [1.82, 2.24) is 0 Å². The summed E-state index contributed by atoms with van der Waals surface area (Å²) in [4.78, 5) is 11.6. The molecule has 1 aromatic carbocycles. The van der Waals surface area contributed by atoms with Gasteiger partial charge in [-0.05, 0) is 31.0 Å². The molecule has 0 saturated heterocycles. The summed E-state index contributed by atoms with van der Waals surface area (Å²) in [6.07, 6.45) is 4.47. The van der Waals surface area contributed by atoms with Crippen LogP contribution in [-0.4, -0.2) is 18.6 Å².